The predicted molar refractivity (Wildman–Crippen MR) is 114 cm³/mol. The van der Waals surface area contributed by atoms with Gasteiger partial charge in [0, 0.05) is 44.8 Å². The predicted octanol–water partition coefficient (Wildman–Crippen LogP) is 1.60. The maximum Gasteiger partial charge on any atom is 0.251 e. The molecule has 0 unspecified atom stereocenters. The first-order valence-electron chi connectivity index (χ1n) is 10.4. The van der Waals surface area contributed by atoms with E-state index in [1.165, 1.54) is 0 Å². The van der Waals surface area contributed by atoms with Crippen LogP contribution in [0.15, 0.2) is 29.3 Å². The zero-order valence-electron chi connectivity index (χ0n) is 17.3. The van der Waals surface area contributed by atoms with Crippen LogP contribution in [0.5, 0.6) is 0 Å². The summed E-state index contributed by atoms with van der Waals surface area (Å²) in [5.74, 6) is 0.804. The van der Waals surface area contributed by atoms with Crippen molar-refractivity contribution < 1.29 is 9.53 Å². The van der Waals surface area contributed by atoms with Crippen molar-refractivity contribution in [3.8, 4) is 0 Å². The number of rotatable bonds is 10. The third kappa shape index (κ3) is 8.27. The van der Waals surface area contributed by atoms with Crippen LogP contribution in [0, 0.1) is 0 Å². The molecule has 0 spiro atoms. The third-order valence-electron chi connectivity index (χ3n) is 4.62. The third-order valence-corrected chi connectivity index (χ3v) is 4.62. The monoisotopic (exact) mass is 389 g/mol. The zero-order chi connectivity index (χ0) is 20.0. The van der Waals surface area contributed by atoms with Gasteiger partial charge in [-0.25, -0.2) is 4.99 Å². The van der Waals surface area contributed by atoms with Crippen LogP contribution in [0.4, 0.5) is 0 Å². The number of nitrogens with one attached hydrogen (secondary N) is 3. The van der Waals surface area contributed by atoms with Crippen molar-refractivity contribution in [2.75, 3.05) is 52.5 Å². The Kier molecular flexibility index (Phi) is 10.4. The zero-order valence-corrected chi connectivity index (χ0v) is 17.3. The normalized spacial score (nSPS) is 15.3. The molecule has 7 nitrogen and oxygen atoms in total. The summed E-state index contributed by atoms with van der Waals surface area (Å²) in [4.78, 5) is 19.1. The molecule has 0 aromatic heterocycles. The summed E-state index contributed by atoms with van der Waals surface area (Å²) >= 11 is 0. The molecule has 7 heteroatoms. The summed E-state index contributed by atoms with van der Waals surface area (Å²) in [5, 5.41) is 9.61. The van der Waals surface area contributed by atoms with E-state index in [1.54, 1.807) is 0 Å². The maximum atomic E-state index is 12.1. The highest BCUT2D eigenvalue weighted by Crippen LogP contribution is 2.06. The number of hydrogen-bond donors (Lipinski definition) is 3. The van der Waals surface area contributed by atoms with Crippen molar-refractivity contribution in [3.63, 3.8) is 0 Å². The van der Waals surface area contributed by atoms with Crippen molar-refractivity contribution in [2.24, 2.45) is 4.99 Å². The number of amides is 1. The molecular formula is C21H35N5O2. The molecule has 3 N–H and O–H groups in total. The van der Waals surface area contributed by atoms with Gasteiger partial charge < -0.3 is 20.7 Å². The standard InChI is InChI=1S/C21H35N5O2/c1-3-5-10-23-20(27)19-8-6-18(7-9-19)17-25-21(22-4-2)24-11-12-26-13-15-28-16-14-26/h6-9H,3-5,10-17H2,1-2H3,(H,23,27)(H2,22,24,25). The van der Waals surface area contributed by atoms with Crippen molar-refractivity contribution in [2.45, 2.75) is 33.2 Å². The molecule has 1 aromatic carbocycles. The van der Waals surface area contributed by atoms with Crippen molar-refractivity contribution in [1.82, 2.24) is 20.9 Å². The molecule has 1 aliphatic heterocycles. The Bertz CT molecular complexity index is 597. The van der Waals surface area contributed by atoms with Gasteiger partial charge in [0.25, 0.3) is 5.91 Å². The molecule has 2 rings (SSSR count). The van der Waals surface area contributed by atoms with Gasteiger partial charge in [-0.3, -0.25) is 9.69 Å². The quantitative estimate of drug-likeness (QED) is 0.322. The van der Waals surface area contributed by atoms with E-state index in [0.717, 1.165) is 76.8 Å². The van der Waals surface area contributed by atoms with E-state index in [0.29, 0.717) is 12.1 Å². The van der Waals surface area contributed by atoms with E-state index >= 15 is 0 Å². The average Bonchev–Trinajstić information content (AvgIpc) is 2.73. The van der Waals surface area contributed by atoms with Crippen LogP contribution in [0.2, 0.25) is 0 Å². The molecule has 156 valence electrons. The topological polar surface area (TPSA) is 78.0 Å². The van der Waals surface area contributed by atoms with Crippen LogP contribution < -0.4 is 16.0 Å². The number of carbonyl (C=O) groups excluding carboxylic acids is 1. The van der Waals surface area contributed by atoms with Gasteiger partial charge in [0.2, 0.25) is 0 Å². The minimum atomic E-state index is -0.0124. The van der Waals surface area contributed by atoms with Crippen molar-refractivity contribution >= 4 is 11.9 Å². The first kappa shape index (κ1) is 22.2. The van der Waals surface area contributed by atoms with Gasteiger partial charge in [0.1, 0.15) is 0 Å². The molecule has 1 aromatic rings. The van der Waals surface area contributed by atoms with E-state index < -0.39 is 0 Å². The average molecular weight is 390 g/mol. The lowest BCUT2D eigenvalue weighted by Gasteiger charge is -2.26. The van der Waals surface area contributed by atoms with Gasteiger partial charge in [-0.2, -0.15) is 0 Å². The molecule has 0 radical (unpaired) electrons. The SMILES string of the molecule is CCCCNC(=O)c1ccc(CN=C(NCC)NCCN2CCOCC2)cc1. The lowest BCUT2D eigenvalue weighted by atomic mass is 10.1. The largest absolute Gasteiger partial charge is 0.379 e. The minimum absolute atomic E-state index is 0.0124. The number of unbranched alkanes of at least 4 members (excludes halogenated alkanes) is 1. The fraction of sp³-hybridized carbons (Fsp3) is 0.619. The number of morpholine rings is 1. The van der Waals surface area contributed by atoms with E-state index in [-0.39, 0.29) is 5.91 Å². The maximum absolute atomic E-state index is 12.1. The molecule has 0 aliphatic carbocycles. The fourth-order valence-corrected chi connectivity index (χ4v) is 2.91. The number of benzene rings is 1. The summed E-state index contributed by atoms with van der Waals surface area (Å²) in [7, 11) is 0. The molecular weight excluding hydrogens is 354 g/mol. The van der Waals surface area contributed by atoms with E-state index in [2.05, 4.69) is 39.7 Å². The number of nitrogens with zero attached hydrogens (tertiary/aromatic N) is 2. The van der Waals surface area contributed by atoms with E-state index in [1.807, 2.05) is 24.3 Å². The van der Waals surface area contributed by atoms with Gasteiger partial charge in [-0.05, 0) is 31.0 Å². The van der Waals surface area contributed by atoms with Crippen LogP contribution in [-0.4, -0.2) is 69.2 Å². The number of carbonyl (C=O) groups is 1. The molecule has 1 aliphatic rings. The summed E-state index contributed by atoms with van der Waals surface area (Å²) < 4.78 is 5.38. The minimum Gasteiger partial charge on any atom is -0.379 e. The Morgan fingerprint density at radius 1 is 1.07 bits per heavy atom. The number of aliphatic imine (C=N–C) groups is 1. The molecule has 0 saturated carbocycles. The molecule has 1 heterocycles. The van der Waals surface area contributed by atoms with Crippen LogP contribution in [0.3, 0.4) is 0 Å². The number of hydrogen-bond acceptors (Lipinski definition) is 4. The van der Waals surface area contributed by atoms with Crippen LogP contribution in [0.1, 0.15) is 42.6 Å². The highest BCUT2D eigenvalue weighted by atomic mass is 16.5. The Morgan fingerprint density at radius 2 is 1.82 bits per heavy atom. The van der Waals surface area contributed by atoms with Gasteiger partial charge in [0.05, 0.1) is 19.8 Å². The summed E-state index contributed by atoms with van der Waals surface area (Å²) in [5.41, 5.74) is 1.77. The van der Waals surface area contributed by atoms with Crippen LogP contribution in [0.25, 0.3) is 0 Å². The smallest absolute Gasteiger partial charge is 0.251 e. The number of ether oxygens (including phenoxy) is 1. The molecule has 1 fully saturated rings. The molecule has 0 bridgehead atoms. The van der Waals surface area contributed by atoms with Gasteiger partial charge >= 0.3 is 0 Å². The van der Waals surface area contributed by atoms with Crippen molar-refractivity contribution in [3.05, 3.63) is 35.4 Å². The Morgan fingerprint density at radius 3 is 2.50 bits per heavy atom. The van der Waals surface area contributed by atoms with Gasteiger partial charge in [0.15, 0.2) is 5.96 Å². The molecule has 1 saturated heterocycles. The van der Waals surface area contributed by atoms with Crippen molar-refractivity contribution in [1.29, 1.82) is 0 Å². The Hall–Kier alpha value is -2.12. The van der Waals surface area contributed by atoms with Gasteiger partial charge in [-0.15, -0.1) is 0 Å². The summed E-state index contributed by atoms with van der Waals surface area (Å²) in [6.45, 7) is 11.8. The van der Waals surface area contributed by atoms with E-state index in [4.69, 9.17) is 4.74 Å². The molecule has 0 atom stereocenters. The molecule has 28 heavy (non-hydrogen) atoms. The van der Waals surface area contributed by atoms with Gasteiger partial charge in [-0.1, -0.05) is 25.5 Å². The van der Waals surface area contributed by atoms with Crippen LogP contribution >= 0.6 is 0 Å². The highest BCUT2D eigenvalue weighted by Gasteiger charge is 2.09. The number of guanidine groups is 1. The lowest BCUT2D eigenvalue weighted by Crippen LogP contribution is -2.44. The second kappa shape index (κ2) is 13.1. The highest BCUT2D eigenvalue weighted by molar-refractivity contribution is 5.94. The molecule has 1 amide bonds. The first-order valence-corrected chi connectivity index (χ1v) is 10.4. The summed E-state index contributed by atoms with van der Waals surface area (Å²) in [6, 6.07) is 7.67. The summed E-state index contributed by atoms with van der Waals surface area (Å²) in [6.07, 6.45) is 2.08. The second-order valence-electron chi connectivity index (χ2n) is 6.88. The second-order valence-corrected chi connectivity index (χ2v) is 6.88. The Labute approximate surface area is 168 Å². The lowest BCUT2D eigenvalue weighted by molar-refractivity contribution is 0.0389. The first-order chi connectivity index (χ1) is 13.7. The Balaban J connectivity index is 1.79. The van der Waals surface area contributed by atoms with Crippen LogP contribution in [-0.2, 0) is 11.3 Å². The van der Waals surface area contributed by atoms with E-state index in [9.17, 15) is 4.79 Å². The fourth-order valence-electron chi connectivity index (χ4n) is 2.91.